The summed E-state index contributed by atoms with van der Waals surface area (Å²) in [5, 5.41) is 9.32. The maximum absolute atomic E-state index is 12.5. The summed E-state index contributed by atoms with van der Waals surface area (Å²) in [6.45, 7) is 3.89. The Morgan fingerprint density at radius 3 is 2.38 bits per heavy atom. The molecule has 1 aliphatic rings. The largest absolute Gasteiger partial charge is 0.416 e. The van der Waals surface area contributed by atoms with E-state index in [0.29, 0.717) is 5.75 Å². The molecule has 0 unspecified atom stereocenters. The predicted molar refractivity (Wildman–Crippen MR) is 90.6 cm³/mol. The number of piperazine rings is 1. The lowest BCUT2D eigenvalue weighted by Gasteiger charge is -2.31. The Labute approximate surface area is 146 Å². The Bertz CT molecular complexity index is 664. The minimum atomic E-state index is -4.29. The van der Waals surface area contributed by atoms with E-state index in [9.17, 15) is 13.2 Å². The minimum Gasteiger partial charge on any atom is -0.344 e. The van der Waals surface area contributed by atoms with E-state index in [2.05, 4.69) is 27.0 Å². The number of anilines is 1. The highest BCUT2D eigenvalue weighted by molar-refractivity contribution is 8.00. The molecule has 4 nitrogen and oxygen atoms in total. The van der Waals surface area contributed by atoms with Gasteiger partial charge < -0.3 is 9.80 Å². The third kappa shape index (κ3) is 4.40. The van der Waals surface area contributed by atoms with Crippen LogP contribution in [0.1, 0.15) is 11.1 Å². The van der Waals surface area contributed by atoms with E-state index in [1.54, 1.807) is 0 Å². The van der Waals surface area contributed by atoms with Crippen molar-refractivity contribution in [1.29, 1.82) is 0 Å². The first kappa shape index (κ1) is 17.5. The zero-order chi connectivity index (χ0) is 17.2. The summed E-state index contributed by atoms with van der Waals surface area (Å²) >= 11 is 3.03. The van der Waals surface area contributed by atoms with Crippen LogP contribution in [0.2, 0.25) is 0 Å². The Hall–Kier alpha value is -1.32. The van der Waals surface area contributed by atoms with Gasteiger partial charge in [0, 0.05) is 31.9 Å². The number of thioether (sulfide) groups is 1. The van der Waals surface area contributed by atoms with E-state index in [0.717, 1.165) is 53.3 Å². The van der Waals surface area contributed by atoms with Gasteiger partial charge in [0.1, 0.15) is 0 Å². The van der Waals surface area contributed by atoms with Crippen molar-refractivity contribution in [3.63, 3.8) is 0 Å². The summed E-state index contributed by atoms with van der Waals surface area (Å²) < 4.78 is 38.5. The second-order valence-electron chi connectivity index (χ2n) is 5.62. The highest BCUT2D eigenvalue weighted by atomic mass is 32.2. The number of aromatic nitrogens is 2. The highest BCUT2D eigenvalue weighted by Crippen LogP contribution is 2.32. The molecule has 1 aliphatic heterocycles. The van der Waals surface area contributed by atoms with Crippen LogP contribution >= 0.6 is 23.1 Å². The Kier molecular flexibility index (Phi) is 5.31. The van der Waals surface area contributed by atoms with Crippen molar-refractivity contribution >= 4 is 28.2 Å². The molecule has 24 heavy (non-hydrogen) atoms. The van der Waals surface area contributed by atoms with Crippen LogP contribution in [0.3, 0.4) is 0 Å². The van der Waals surface area contributed by atoms with Gasteiger partial charge in [0.25, 0.3) is 0 Å². The van der Waals surface area contributed by atoms with E-state index in [-0.39, 0.29) is 0 Å². The fraction of sp³-hybridized carbons (Fsp3) is 0.467. The lowest BCUT2D eigenvalue weighted by molar-refractivity contribution is -0.137. The van der Waals surface area contributed by atoms with Gasteiger partial charge in [-0.25, -0.2) is 0 Å². The first-order valence-electron chi connectivity index (χ1n) is 7.48. The number of benzene rings is 1. The number of hydrogen-bond donors (Lipinski definition) is 0. The number of alkyl halides is 3. The smallest absolute Gasteiger partial charge is 0.344 e. The molecule has 1 fully saturated rings. The summed E-state index contributed by atoms with van der Waals surface area (Å²) in [5.41, 5.74) is 0.217. The second-order valence-corrected chi connectivity index (χ2v) is 7.80. The molecule has 0 saturated carbocycles. The van der Waals surface area contributed by atoms with E-state index >= 15 is 0 Å². The van der Waals surface area contributed by atoms with Crippen molar-refractivity contribution in [2.75, 3.05) is 38.1 Å². The average Bonchev–Trinajstić information content (AvgIpc) is 3.02. The van der Waals surface area contributed by atoms with E-state index in [4.69, 9.17) is 0 Å². The van der Waals surface area contributed by atoms with Crippen LogP contribution in [0.25, 0.3) is 0 Å². The lowest BCUT2D eigenvalue weighted by atomic mass is 10.1. The standard InChI is InChI=1S/C15H17F3N4S2/c1-21-6-8-22(9-7-21)13-19-20-14(24-13)23-10-11-2-4-12(5-3-11)15(16,17)18/h2-5H,6-10H2,1H3. The molecule has 0 spiro atoms. The Balaban J connectivity index is 1.55. The van der Waals surface area contributed by atoms with Crippen LogP contribution in [0.4, 0.5) is 18.3 Å². The van der Waals surface area contributed by atoms with Crippen molar-refractivity contribution in [3.8, 4) is 0 Å². The van der Waals surface area contributed by atoms with Crippen molar-refractivity contribution in [1.82, 2.24) is 15.1 Å². The van der Waals surface area contributed by atoms with E-state index in [1.165, 1.54) is 35.2 Å². The molecule has 0 bridgehead atoms. The Morgan fingerprint density at radius 1 is 1.08 bits per heavy atom. The third-order valence-electron chi connectivity index (χ3n) is 3.81. The Morgan fingerprint density at radius 2 is 1.75 bits per heavy atom. The summed E-state index contributed by atoms with van der Waals surface area (Å²) in [6, 6.07) is 5.26. The maximum atomic E-state index is 12.5. The monoisotopic (exact) mass is 374 g/mol. The molecule has 1 aromatic heterocycles. The topological polar surface area (TPSA) is 32.3 Å². The van der Waals surface area contributed by atoms with Gasteiger partial charge in [-0.05, 0) is 24.7 Å². The second kappa shape index (κ2) is 7.28. The van der Waals surface area contributed by atoms with Gasteiger partial charge in [0.2, 0.25) is 5.13 Å². The average molecular weight is 374 g/mol. The number of likely N-dealkylation sites (N-methyl/N-ethyl adjacent to an activating group) is 1. The van der Waals surface area contributed by atoms with Crippen molar-refractivity contribution in [3.05, 3.63) is 35.4 Å². The molecule has 1 saturated heterocycles. The van der Waals surface area contributed by atoms with Crippen LogP contribution in [-0.4, -0.2) is 48.3 Å². The van der Waals surface area contributed by atoms with Gasteiger partial charge in [0.15, 0.2) is 4.34 Å². The number of nitrogens with zero attached hydrogens (tertiary/aromatic N) is 4. The molecule has 2 aromatic rings. The minimum absolute atomic E-state index is 0.579. The first-order valence-corrected chi connectivity index (χ1v) is 9.28. The normalized spacial score (nSPS) is 16.6. The van der Waals surface area contributed by atoms with Crippen molar-refractivity contribution in [2.45, 2.75) is 16.3 Å². The number of hydrogen-bond acceptors (Lipinski definition) is 6. The van der Waals surface area contributed by atoms with Gasteiger partial charge in [0.05, 0.1) is 5.56 Å². The highest BCUT2D eigenvalue weighted by Gasteiger charge is 2.29. The van der Waals surface area contributed by atoms with Crippen LogP contribution in [0.5, 0.6) is 0 Å². The lowest BCUT2D eigenvalue weighted by Crippen LogP contribution is -2.44. The molecule has 0 radical (unpaired) electrons. The van der Waals surface area contributed by atoms with E-state index < -0.39 is 11.7 Å². The van der Waals surface area contributed by atoms with Gasteiger partial charge in [-0.15, -0.1) is 10.2 Å². The summed E-state index contributed by atoms with van der Waals surface area (Å²) in [4.78, 5) is 4.50. The molecule has 1 aromatic carbocycles. The SMILES string of the molecule is CN1CCN(c2nnc(SCc3ccc(C(F)(F)F)cc3)s2)CC1. The molecule has 0 atom stereocenters. The summed E-state index contributed by atoms with van der Waals surface area (Å²) in [5.74, 6) is 0.579. The van der Waals surface area contributed by atoms with Crippen LogP contribution < -0.4 is 4.90 Å². The molecule has 2 heterocycles. The third-order valence-corrected chi connectivity index (χ3v) is 6.00. The fourth-order valence-corrected chi connectivity index (χ4v) is 4.17. The molecule has 130 valence electrons. The molecule has 3 rings (SSSR count). The summed E-state index contributed by atoms with van der Waals surface area (Å²) in [6.07, 6.45) is -4.29. The number of rotatable bonds is 4. The van der Waals surface area contributed by atoms with Gasteiger partial charge in [-0.2, -0.15) is 13.2 Å². The van der Waals surface area contributed by atoms with Gasteiger partial charge in [-0.1, -0.05) is 35.2 Å². The predicted octanol–water partition coefficient (Wildman–Crippen LogP) is 3.60. The first-order chi connectivity index (χ1) is 11.4. The quantitative estimate of drug-likeness (QED) is 0.764. The van der Waals surface area contributed by atoms with Crippen molar-refractivity contribution < 1.29 is 13.2 Å². The van der Waals surface area contributed by atoms with Crippen LogP contribution in [0.15, 0.2) is 28.6 Å². The fourth-order valence-electron chi connectivity index (χ4n) is 2.32. The maximum Gasteiger partial charge on any atom is 0.416 e. The molecule has 0 N–H and O–H groups in total. The van der Waals surface area contributed by atoms with Gasteiger partial charge in [-0.3, -0.25) is 0 Å². The zero-order valence-electron chi connectivity index (χ0n) is 13.1. The molecule has 9 heteroatoms. The van der Waals surface area contributed by atoms with Gasteiger partial charge >= 0.3 is 6.18 Å². The van der Waals surface area contributed by atoms with Crippen LogP contribution in [0, 0.1) is 0 Å². The number of halogens is 3. The molecular formula is C15H17F3N4S2. The molecule has 0 amide bonds. The van der Waals surface area contributed by atoms with E-state index in [1.807, 2.05) is 0 Å². The summed E-state index contributed by atoms with van der Waals surface area (Å²) in [7, 11) is 2.10. The molecular weight excluding hydrogens is 357 g/mol. The molecule has 0 aliphatic carbocycles. The van der Waals surface area contributed by atoms with Crippen LogP contribution in [-0.2, 0) is 11.9 Å². The van der Waals surface area contributed by atoms with Crippen molar-refractivity contribution in [2.24, 2.45) is 0 Å². The zero-order valence-corrected chi connectivity index (χ0v) is 14.7.